The largest absolute Gasteiger partial charge is 0.312 e. The third kappa shape index (κ3) is 3.99. The smallest absolute Gasteiger partial charge is 0.231 e. The Kier molecular flexibility index (Phi) is 4.79. The van der Waals surface area contributed by atoms with Crippen LogP contribution in [0.15, 0.2) is 24.3 Å². The van der Waals surface area contributed by atoms with Crippen LogP contribution in [-0.2, 0) is 15.0 Å². The quantitative estimate of drug-likeness (QED) is 0.887. The Balaban J connectivity index is 1.66. The molecule has 0 aliphatic carbocycles. The number of hydrogen-bond acceptors (Lipinski definition) is 5. The zero-order valence-corrected chi connectivity index (χ0v) is 15.8. The minimum atomic E-state index is -0.412. The topological polar surface area (TPSA) is 75.2 Å². The highest BCUT2D eigenvalue weighted by Crippen LogP contribution is 2.30. The molecule has 1 aromatic heterocycles. The number of aromatic nitrogens is 2. The molecule has 6 nitrogen and oxygen atoms in total. The number of halogens is 1. The fraction of sp³-hybridized carbons (Fsp3) is 0.412. The van der Waals surface area contributed by atoms with Crippen LogP contribution < -0.4 is 10.2 Å². The second-order valence-corrected chi connectivity index (χ2v) is 8.45. The van der Waals surface area contributed by atoms with Crippen molar-refractivity contribution in [2.75, 3.05) is 16.8 Å². The molecule has 2 aromatic rings. The van der Waals surface area contributed by atoms with Crippen molar-refractivity contribution in [2.45, 2.75) is 32.6 Å². The first-order chi connectivity index (χ1) is 11.7. The van der Waals surface area contributed by atoms with Crippen molar-refractivity contribution < 1.29 is 9.59 Å². The van der Waals surface area contributed by atoms with Gasteiger partial charge in [-0.05, 0) is 24.3 Å². The van der Waals surface area contributed by atoms with E-state index in [0.29, 0.717) is 16.7 Å². The lowest BCUT2D eigenvalue weighted by atomic mass is 9.98. The molecule has 0 unspecified atom stereocenters. The summed E-state index contributed by atoms with van der Waals surface area (Å²) in [5.74, 6) is -0.693. The van der Waals surface area contributed by atoms with Gasteiger partial charge < -0.3 is 10.2 Å². The van der Waals surface area contributed by atoms with Gasteiger partial charge in [-0.2, -0.15) is 0 Å². The molecule has 3 rings (SSSR count). The number of anilines is 2. The van der Waals surface area contributed by atoms with Crippen molar-refractivity contribution >= 4 is 45.6 Å². The van der Waals surface area contributed by atoms with Crippen LogP contribution in [-0.4, -0.2) is 28.6 Å². The van der Waals surface area contributed by atoms with Gasteiger partial charge in [-0.25, -0.2) is 0 Å². The van der Waals surface area contributed by atoms with E-state index in [4.69, 9.17) is 11.6 Å². The van der Waals surface area contributed by atoms with Gasteiger partial charge in [0.15, 0.2) is 0 Å². The van der Waals surface area contributed by atoms with Crippen molar-refractivity contribution in [2.24, 2.45) is 5.92 Å². The monoisotopic (exact) mass is 378 g/mol. The third-order valence-electron chi connectivity index (χ3n) is 3.93. The van der Waals surface area contributed by atoms with Gasteiger partial charge >= 0.3 is 0 Å². The van der Waals surface area contributed by atoms with Crippen molar-refractivity contribution in [3.63, 3.8) is 0 Å². The highest BCUT2D eigenvalue weighted by Gasteiger charge is 2.35. The maximum Gasteiger partial charge on any atom is 0.231 e. The summed E-state index contributed by atoms with van der Waals surface area (Å²) in [4.78, 5) is 26.3. The lowest BCUT2D eigenvalue weighted by Crippen LogP contribution is -2.28. The van der Waals surface area contributed by atoms with E-state index in [0.717, 1.165) is 10.7 Å². The SMILES string of the molecule is CC(C)(C)c1nnc(NC(=O)[C@@H]2CC(=O)N(c3ccc(Cl)cc3)C2)s1. The number of rotatable bonds is 3. The van der Waals surface area contributed by atoms with Crippen LogP contribution in [0.25, 0.3) is 0 Å². The Labute approximate surface area is 155 Å². The summed E-state index contributed by atoms with van der Waals surface area (Å²) in [6.07, 6.45) is 0.180. The van der Waals surface area contributed by atoms with E-state index < -0.39 is 5.92 Å². The minimum Gasteiger partial charge on any atom is -0.312 e. The molecule has 0 radical (unpaired) electrons. The molecule has 2 heterocycles. The van der Waals surface area contributed by atoms with E-state index in [1.54, 1.807) is 29.2 Å². The Bertz CT molecular complexity index is 798. The summed E-state index contributed by atoms with van der Waals surface area (Å²) in [5, 5.41) is 12.9. The Morgan fingerprint density at radius 3 is 2.56 bits per heavy atom. The predicted molar refractivity (Wildman–Crippen MR) is 99.2 cm³/mol. The van der Waals surface area contributed by atoms with E-state index in [2.05, 4.69) is 15.5 Å². The standard InChI is InChI=1S/C17H19ClN4O2S/c1-17(2,3)15-20-21-16(25-15)19-14(24)10-8-13(23)22(9-10)12-6-4-11(18)5-7-12/h4-7,10H,8-9H2,1-3H3,(H,19,21,24)/t10-/m1/s1. The minimum absolute atomic E-state index is 0.0740. The molecule has 1 aromatic carbocycles. The molecule has 1 saturated heterocycles. The number of hydrogen-bond donors (Lipinski definition) is 1. The van der Waals surface area contributed by atoms with Crippen LogP contribution in [0.2, 0.25) is 5.02 Å². The second-order valence-electron chi connectivity index (χ2n) is 7.03. The molecule has 8 heteroatoms. The third-order valence-corrected chi connectivity index (χ3v) is 5.45. The molecular weight excluding hydrogens is 360 g/mol. The van der Waals surface area contributed by atoms with Crippen molar-refractivity contribution in [1.29, 1.82) is 0 Å². The van der Waals surface area contributed by atoms with Crippen LogP contribution in [0.5, 0.6) is 0 Å². The average molecular weight is 379 g/mol. The average Bonchev–Trinajstić information content (AvgIpc) is 3.15. The maximum absolute atomic E-state index is 12.5. The van der Waals surface area contributed by atoms with Crippen LogP contribution in [0, 0.1) is 5.92 Å². The lowest BCUT2D eigenvalue weighted by molar-refractivity contribution is -0.122. The fourth-order valence-electron chi connectivity index (χ4n) is 2.54. The molecule has 1 N–H and O–H groups in total. The first-order valence-electron chi connectivity index (χ1n) is 7.95. The van der Waals surface area contributed by atoms with Crippen LogP contribution in [0.1, 0.15) is 32.2 Å². The number of nitrogens with zero attached hydrogens (tertiary/aromatic N) is 3. The molecule has 1 aliphatic rings. The van der Waals surface area contributed by atoms with Crippen molar-refractivity contribution in [1.82, 2.24) is 10.2 Å². The summed E-state index contributed by atoms with van der Waals surface area (Å²) in [5.41, 5.74) is 0.630. The number of carbonyl (C=O) groups excluding carboxylic acids is 2. The summed E-state index contributed by atoms with van der Waals surface area (Å²) >= 11 is 7.24. The summed E-state index contributed by atoms with van der Waals surface area (Å²) in [6, 6.07) is 7.02. The van der Waals surface area contributed by atoms with Gasteiger partial charge in [-0.15, -0.1) is 10.2 Å². The molecular formula is C17H19ClN4O2S. The molecule has 2 amide bonds. The van der Waals surface area contributed by atoms with Crippen LogP contribution in [0.3, 0.4) is 0 Å². The lowest BCUT2D eigenvalue weighted by Gasteiger charge is -2.16. The van der Waals surface area contributed by atoms with Gasteiger partial charge in [0.05, 0.1) is 5.92 Å². The number of amides is 2. The van der Waals surface area contributed by atoms with Gasteiger partial charge in [-0.3, -0.25) is 9.59 Å². The second kappa shape index (κ2) is 6.72. The summed E-state index contributed by atoms with van der Waals surface area (Å²) in [7, 11) is 0. The number of benzene rings is 1. The van der Waals surface area contributed by atoms with Gasteiger partial charge in [0.1, 0.15) is 5.01 Å². The molecule has 132 valence electrons. The molecule has 0 spiro atoms. The number of carbonyl (C=O) groups is 2. The number of nitrogens with one attached hydrogen (secondary N) is 1. The van der Waals surface area contributed by atoms with Crippen molar-refractivity contribution in [3.8, 4) is 0 Å². The molecule has 1 atom stereocenters. The first kappa shape index (κ1) is 17.8. The molecule has 1 fully saturated rings. The zero-order chi connectivity index (χ0) is 18.2. The van der Waals surface area contributed by atoms with Gasteiger partial charge in [0.2, 0.25) is 16.9 Å². The van der Waals surface area contributed by atoms with Crippen LogP contribution >= 0.6 is 22.9 Å². The van der Waals surface area contributed by atoms with E-state index >= 15 is 0 Å². The van der Waals surface area contributed by atoms with Gasteiger partial charge in [-0.1, -0.05) is 43.7 Å². The predicted octanol–water partition coefficient (Wildman–Crippen LogP) is 3.48. The summed E-state index contributed by atoms with van der Waals surface area (Å²) < 4.78 is 0. The highest BCUT2D eigenvalue weighted by molar-refractivity contribution is 7.15. The van der Waals surface area contributed by atoms with E-state index in [1.165, 1.54) is 11.3 Å². The Hall–Kier alpha value is -1.99. The van der Waals surface area contributed by atoms with Gasteiger partial charge in [0.25, 0.3) is 0 Å². The highest BCUT2D eigenvalue weighted by atomic mass is 35.5. The molecule has 25 heavy (non-hydrogen) atoms. The molecule has 0 saturated carbocycles. The fourth-order valence-corrected chi connectivity index (χ4v) is 3.47. The van der Waals surface area contributed by atoms with E-state index in [1.807, 2.05) is 20.8 Å². The van der Waals surface area contributed by atoms with Crippen LogP contribution in [0.4, 0.5) is 10.8 Å². The Morgan fingerprint density at radius 2 is 1.96 bits per heavy atom. The Morgan fingerprint density at radius 1 is 1.28 bits per heavy atom. The first-order valence-corrected chi connectivity index (χ1v) is 9.14. The molecule has 1 aliphatic heterocycles. The van der Waals surface area contributed by atoms with E-state index in [9.17, 15) is 9.59 Å². The molecule has 0 bridgehead atoms. The zero-order valence-electron chi connectivity index (χ0n) is 14.2. The maximum atomic E-state index is 12.5. The summed E-state index contributed by atoms with van der Waals surface area (Å²) in [6.45, 7) is 6.47. The van der Waals surface area contributed by atoms with Crippen molar-refractivity contribution in [3.05, 3.63) is 34.3 Å². The normalized spacial score (nSPS) is 17.8. The van der Waals surface area contributed by atoms with Gasteiger partial charge in [0, 0.05) is 29.1 Å². The van der Waals surface area contributed by atoms with E-state index in [-0.39, 0.29) is 23.7 Å².